The van der Waals surface area contributed by atoms with E-state index in [0.29, 0.717) is 52.9 Å². The maximum atomic E-state index is 12.4. The number of ether oxygens (including phenoxy) is 7. The van der Waals surface area contributed by atoms with Gasteiger partial charge >= 0.3 is 12.2 Å². The van der Waals surface area contributed by atoms with Gasteiger partial charge in [-0.1, -0.05) is 15.9 Å². The molecule has 0 atom stereocenters. The topological polar surface area (TPSA) is 102 Å². The number of imide groups is 1. The fourth-order valence-corrected chi connectivity index (χ4v) is 2.82. The molecule has 0 aromatic heterocycles. The minimum absolute atomic E-state index is 0.00110. The average molecular weight is 593 g/mol. The third-order valence-electron chi connectivity index (χ3n) is 4.11. The lowest BCUT2D eigenvalue weighted by molar-refractivity contribution is -0.0150. The Morgan fingerprint density at radius 2 is 1.03 bits per heavy atom. The zero-order valence-electron chi connectivity index (χ0n) is 22.9. The van der Waals surface area contributed by atoms with E-state index in [0.717, 1.165) is 15.1 Å². The number of halogens is 1. The molecule has 1 aromatic rings. The van der Waals surface area contributed by atoms with Crippen molar-refractivity contribution >= 4 is 28.1 Å². The monoisotopic (exact) mass is 591 g/mol. The van der Waals surface area contributed by atoms with E-state index in [-0.39, 0.29) is 13.2 Å². The normalized spacial score (nSPS) is 11.8. The number of rotatable bonds is 16. The minimum atomic E-state index is -0.778. The zero-order valence-corrected chi connectivity index (χ0v) is 24.5. The van der Waals surface area contributed by atoms with Crippen molar-refractivity contribution in [2.75, 3.05) is 66.0 Å². The Morgan fingerprint density at radius 1 is 0.649 bits per heavy atom. The molecule has 0 aliphatic rings. The predicted octanol–water partition coefficient (Wildman–Crippen LogP) is 5.07. The van der Waals surface area contributed by atoms with Crippen LogP contribution in [0.2, 0.25) is 0 Å². The number of nitrogens with zero attached hydrogens (tertiary/aromatic N) is 1. The standard InChI is InChI=1S/C26H42BrNO9/c1-25(2,3)36-23(29)28(24(30)37-26(4,5)6)11-12-31-13-14-32-15-16-33-17-18-34-19-20-35-22-9-7-21(27)8-10-22/h7-10H,11-20H2,1-6H3. The first kappa shape index (κ1) is 33.1. The SMILES string of the molecule is CC(C)(C)OC(=O)N(CCOCCOCCOCCOCCOc1ccc(Br)cc1)C(=O)OC(C)(C)C. The largest absolute Gasteiger partial charge is 0.491 e. The van der Waals surface area contributed by atoms with Gasteiger partial charge in [-0.25, -0.2) is 14.5 Å². The summed E-state index contributed by atoms with van der Waals surface area (Å²) in [6.07, 6.45) is -1.56. The van der Waals surface area contributed by atoms with E-state index in [1.54, 1.807) is 41.5 Å². The molecule has 0 aliphatic heterocycles. The average Bonchev–Trinajstić information content (AvgIpc) is 2.77. The second-order valence-electron chi connectivity index (χ2n) is 9.86. The Bertz CT molecular complexity index is 748. The van der Waals surface area contributed by atoms with Gasteiger partial charge in [-0.2, -0.15) is 0 Å². The van der Waals surface area contributed by atoms with Crippen LogP contribution in [0.4, 0.5) is 9.59 Å². The van der Waals surface area contributed by atoms with Crippen LogP contribution >= 0.6 is 15.9 Å². The summed E-state index contributed by atoms with van der Waals surface area (Å²) < 4.78 is 39.1. The molecule has 37 heavy (non-hydrogen) atoms. The Morgan fingerprint density at radius 3 is 1.43 bits per heavy atom. The molecule has 0 saturated heterocycles. The maximum Gasteiger partial charge on any atom is 0.419 e. The lowest BCUT2D eigenvalue weighted by atomic mass is 10.2. The van der Waals surface area contributed by atoms with Gasteiger partial charge in [-0.05, 0) is 65.8 Å². The zero-order chi connectivity index (χ0) is 27.7. The van der Waals surface area contributed by atoms with Crippen molar-refractivity contribution in [1.82, 2.24) is 4.90 Å². The summed E-state index contributed by atoms with van der Waals surface area (Å²) in [6.45, 7) is 13.9. The quantitative estimate of drug-likeness (QED) is 0.244. The summed E-state index contributed by atoms with van der Waals surface area (Å²) in [4.78, 5) is 25.7. The van der Waals surface area contributed by atoms with Gasteiger partial charge in [0, 0.05) is 4.47 Å². The minimum Gasteiger partial charge on any atom is -0.491 e. The Kier molecular flexibility index (Phi) is 15.7. The number of amides is 2. The number of hydrogen-bond acceptors (Lipinski definition) is 9. The summed E-state index contributed by atoms with van der Waals surface area (Å²) in [7, 11) is 0. The first-order valence-electron chi connectivity index (χ1n) is 12.3. The van der Waals surface area contributed by atoms with Gasteiger partial charge in [0.1, 0.15) is 23.6 Å². The highest BCUT2D eigenvalue weighted by molar-refractivity contribution is 9.10. The molecule has 0 saturated carbocycles. The highest BCUT2D eigenvalue weighted by Gasteiger charge is 2.30. The molecule has 10 nitrogen and oxygen atoms in total. The third kappa shape index (κ3) is 18.1. The Balaban J connectivity index is 2.06. The van der Waals surface area contributed by atoms with E-state index in [9.17, 15) is 9.59 Å². The molecule has 0 radical (unpaired) electrons. The molecule has 0 aliphatic carbocycles. The van der Waals surface area contributed by atoms with Crippen molar-refractivity contribution < 1.29 is 42.7 Å². The smallest absolute Gasteiger partial charge is 0.419 e. The van der Waals surface area contributed by atoms with Gasteiger partial charge in [-0.3, -0.25) is 0 Å². The summed E-state index contributed by atoms with van der Waals surface area (Å²) in [5.74, 6) is 0.799. The molecule has 0 fully saturated rings. The van der Waals surface area contributed by atoms with E-state index in [1.165, 1.54) is 0 Å². The third-order valence-corrected chi connectivity index (χ3v) is 4.64. The van der Waals surface area contributed by atoms with Crippen LogP contribution in [0.1, 0.15) is 41.5 Å². The Labute approximate surface area is 228 Å². The molecule has 0 bridgehead atoms. The molecule has 1 rings (SSSR count). The summed E-state index contributed by atoms with van der Waals surface area (Å²) in [5.41, 5.74) is -1.48. The van der Waals surface area contributed by atoms with Gasteiger partial charge in [0.25, 0.3) is 0 Å². The van der Waals surface area contributed by atoms with Gasteiger partial charge < -0.3 is 33.2 Å². The molecule has 1 aromatic carbocycles. The molecule has 2 amide bonds. The number of hydrogen-bond donors (Lipinski definition) is 0. The molecular weight excluding hydrogens is 550 g/mol. The van der Waals surface area contributed by atoms with Crippen molar-refractivity contribution in [3.63, 3.8) is 0 Å². The van der Waals surface area contributed by atoms with Crippen LogP contribution in [0, 0.1) is 0 Å². The highest BCUT2D eigenvalue weighted by Crippen LogP contribution is 2.16. The fourth-order valence-electron chi connectivity index (χ4n) is 2.56. The van der Waals surface area contributed by atoms with Crippen molar-refractivity contribution in [2.24, 2.45) is 0 Å². The molecule has 212 valence electrons. The summed E-state index contributed by atoms with van der Waals surface area (Å²) in [6, 6.07) is 7.62. The molecule has 0 N–H and O–H groups in total. The predicted molar refractivity (Wildman–Crippen MR) is 142 cm³/mol. The summed E-state index contributed by atoms with van der Waals surface area (Å²) in [5, 5.41) is 0. The first-order chi connectivity index (χ1) is 17.4. The van der Waals surface area contributed by atoms with Crippen molar-refractivity contribution in [3.05, 3.63) is 28.7 Å². The molecule has 0 spiro atoms. The van der Waals surface area contributed by atoms with Crippen LogP contribution in [0.25, 0.3) is 0 Å². The van der Waals surface area contributed by atoms with Crippen LogP contribution in [-0.4, -0.2) is 94.3 Å². The lowest BCUT2D eigenvalue weighted by Crippen LogP contribution is -2.45. The van der Waals surface area contributed by atoms with Gasteiger partial charge in [0.15, 0.2) is 0 Å². The number of carbonyl (C=O) groups is 2. The van der Waals surface area contributed by atoms with Crippen LogP contribution in [-0.2, 0) is 28.4 Å². The van der Waals surface area contributed by atoms with Crippen LogP contribution in [0.3, 0.4) is 0 Å². The number of carbonyl (C=O) groups excluding carboxylic acids is 2. The fraction of sp³-hybridized carbons (Fsp3) is 0.692. The summed E-state index contributed by atoms with van der Waals surface area (Å²) >= 11 is 3.38. The second-order valence-corrected chi connectivity index (χ2v) is 10.8. The molecule has 11 heteroatoms. The van der Waals surface area contributed by atoms with Gasteiger partial charge in [-0.15, -0.1) is 0 Å². The second kappa shape index (κ2) is 17.6. The van der Waals surface area contributed by atoms with Crippen molar-refractivity contribution in [3.8, 4) is 5.75 Å². The van der Waals surface area contributed by atoms with Crippen molar-refractivity contribution in [2.45, 2.75) is 52.7 Å². The van der Waals surface area contributed by atoms with Gasteiger partial charge in [0.2, 0.25) is 0 Å². The van der Waals surface area contributed by atoms with E-state index in [2.05, 4.69) is 15.9 Å². The lowest BCUT2D eigenvalue weighted by Gasteiger charge is -2.28. The maximum absolute atomic E-state index is 12.4. The number of benzene rings is 1. The van der Waals surface area contributed by atoms with E-state index < -0.39 is 23.4 Å². The van der Waals surface area contributed by atoms with E-state index in [4.69, 9.17) is 33.2 Å². The van der Waals surface area contributed by atoms with Crippen LogP contribution < -0.4 is 4.74 Å². The van der Waals surface area contributed by atoms with Gasteiger partial charge in [0.05, 0.1) is 59.4 Å². The van der Waals surface area contributed by atoms with Crippen molar-refractivity contribution in [1.29, 1.82) is 0 Å². The van der Waals surface area contributed by atoms with Crippen LogP contribution in [0.5, 0.6) is 5.75 Å². The molecular formula is C26H42BrNO9. The molecule has 0 heterocycles. The highest BCUT2D eigenvalue weighted by atomic mass is 79.9. The Hall–Kier alpha value is -1.92. The first-order valence-corrected chi connectivity index (χ1v) is 13.1. The van der Waals surface area contributed by atoms with E-state index in [1.807, 2.05) is 24.3 Å². The molecule has 0 unspecified atom stereocenters. The van der Waals surface area contributed by atoms with E-state index >= 15 is 0 Å². The van der Waals surface area contributed by atoms with Crippen LogP contribution in [0.15, 0.2) is 28.7 Å².